The maximum absolute atomic E-state index is 14.0. The van der Waals surface area contributed by atoms with Gasteiger partial charge in [0.2, 0.25) is 0 Å². The van der Waals surface area contributed by atoms with Crippen molar-refractivity contribution in [3.8, 4) is 5.75 Å². The highest BCUT2D eigenvalue weighted by atomic mass is 28.3. The first-order chi connectivity index (χ1) is 29.9. The zero-order valence-corrected chi connectivity index (χ0v) is 35.9. The van der Waals surface area contributed by atoms with Crippen molar-refractivity contribution < 1.29 is 72.0 Å². The first-order valence-corrected chi connectivity index (χ1v) is 24.2. The Morgan fingerprint density at radius 2 is 1.23 bits per heavy atom. The number of carbonyl (C=O) groups excluding carboxylic acids is 3. The van der Waals surface area contributed by atoms with Crippen molar-refractivity contribution in [2.24, 2.45) is 0 Å². The number of rotatable bonds is 15. The smallest absolute Gasteiger partial charge is 0.338 e. The van der Waals surface area contributed by atoms with E-state index in [-0.39, 0.29) is 29.9 Å². The van der Waals surface area contributed by atoms with Gasteiger partial charge in [0.15, 0.2) is 31.1 Å². The molecule has 330 valence electrons. The lowest BCUT2D eigenvalue weighted by atomic mass is 9.95. The molecule has 3 aliphatic heterocycles. The molecule has 62 heavy (non-hydrogen) atoms. The monoisotopic (exact) mass is 872 g/mol. The van der Waals surface area contributed by atoms with Gasteiger partial charge in [-0.05, 0) is 54.6 Å². The minimum absolute atomic E-state index is 0.0684. The molecule has 3 fully saturated rings. The Hall–Kier alpha value is -5.01. The summed E-state index contributed by atoms with van der Waals surface area (Å²) in [5.41, 5.74) is 1.28. The summed E-state index contributed by atoms with van der Waals surface area (Å²) >= 11 is 0. The fraction of sp³-hybridized carbons (Fsp3) is 0.413. The lowest BCUT2D eigenvalue weighted by Gasteiger charge is -2.49. The van der Waals surface area contributed by atoms with E-state index in [2.05, 4.69) is 19.6 Å². The second kappa shape index (κ2) is 20.4. The molecule has 0 aliphatic carbocycles. The first-order valence-electron chi connectivity index (χ1n) is 20.5. The summed E-state index contributed by atoms with van der Waals surface area (Å²) in [5.74, 6) is -1.64. The molecule has 0 spiro atoms. The third-order valence-electron chi connectivity index (χ3n) is 10.6. The Morgan fingerprint density at radius 1 is 0.661 bits per heavy atom. The number of benzene rings is 4. The summed E-state index contributed by atoms with van der Waals surface area (Å²) in [4.78, 5) is 41.2. The highest BCUT2D eigenvalue weighted by molar-refractivity contribution is 6.76. The average molecular weight is 873 g/mol. The van der Waals surface area contributed by atoms with E-state index in [0.717, 1.165) is 0 Å². The average Bonchev–Trinajstić information content (AvgIpc) is 3.29. The fourth-order valence-corrected chi connectivity index (χ4v) is 7.90. The number of carbonyl (C=O) groups is 3. The van der Waals surface area contributed by atoms with Crippen LogP contribution in [0.1, 0.15) is 42.9 Å². The molecule has 0 amide bonds. The Balaban J connectivity index is 1.22. The third kappa shape index (κ3) is 11.1. The molecule has 0 bridgehead atoms. The molecule has 3 aliphatic rings. The Kier molecular flexibility index (Phi) is 14.8. The molecular weight excluding hydrogens is 821 g/mol. The van der Waals surface area contributed by atoms with Gasteiger partial charge in [-0.25, -0.2) is 14.4 Å². The SMILES string of the molecule is COc1ccc([C@H]2OC[C@H]3O[C@H](O[C@@H]4[C@H](OC(=O)c5ccccc5)[C@@H](OC(=O)c5ccccc5)[C@H](OCC[Si](C)(C)C)O[C@@H]4COC(=O)c4ccccc4)[C@H](O)[C@@H](O)[C@H]3O2)cc1. The van der Waals surface area contributed by atoms with Gasteiger partial charge in [0, 0.05) is 20.2 Å². The molecule has 0 saturated carbocycles. The predicted molar refractivity (Wildman–Crippen MR) is 223 cm³/mol. The standard InChI is InChI=1S/C46H52O15Si/c1-52-32-22-20-31(21-23-32)44-55-27-33-37(60-44)35(47)36(48)45(56-33)61-38-34(26-54-41(49)28-14-8-5-9-15-28)57-46(53-24-25-62(2,3)4)40(59-43(51)30-18-12-7-13-19-30)39(38)58-42(50)29-16-10-6-11-17-29/h5-23,33-40,44-48H,24-27H2,1-4H3/t33-,34-,35-,36-,37+,38+,39+,40-,44+,45-,46-/m1/s1. The van der Waals surface area contributed by atoms with Gasteiger partial charge < -0.3 is 57.6 Å². The summed E-state index contributed by atoms with van der Waals surface area (Å²) in [5, 5.41) is 23.2. The molecule has 2 N–H and O–H groups in total. The molecule has 3 saturated heterocycles. The van der Waals surface area contributed by atoms with E-state index in [1.165, 1.54) is 0 Å². The minimum Gasteiger partial charge on any atom is -0.497 e. The highest BCUT2D eigenvalue weighted by Crippen LogP contribution is 2.38. The van der Waals surface area contributed by atoms with Crippen LogP contribution < -0.4 is 4.74 Å². The second-order valence-electron chi connectivity index (χ2n) is 16.3. The summed E-state index contributed by atoms with van der Waals surface area (Å²) < 4.78 is 61.2. The van der Waals surface area contributed by atoms with Gasteiger partial charge in [-0.15, -0.1) is 0 Å². The molecule has 4 aromatic carbocycles. The van der Waals surface area contributed by atoms with Crippen LogP contribution in [0.3, 0.4) is 0 Å². The number of methoxy groups -OCH3 is 1. The summed E-state index contributed by atoms with van der Waals surface area (Å²) in [6.45, 7) is 6.15. The molecule has 4 aromatic rings. The fourth-order valence-electron chi connectivity index (χ4n) is 7.17. The van der Waals surface area contributed by atoms with E-state index in [4.69, 9.17) is 47.4 Å². The Morgan fingerprint density at radius 3 is 1.79 bits per heavy atom. The molecule has 16 heteroatoms. The molecule has 0 unspecified atom stereocenters. The lowest BCUT2D eigenvalue weighted by Crippen LogP contribution is -2.67. The maximum atomic E-state index is 14.0. The number of ether oxygens (including phenoxy) is 10. The number of hydrogen-bond acceptors (Lipinski definition) is 15. The number of esters is 3. The van der Waals surface area contributed by atoms with Gasteiger partial charge in [0.1, 0.15) is 49.0 Å². The number of hydrogen-bond donors (Lipinski definition) is 2. The Labute approximate surface area is 360 Å². The topological polar surface area (TPSA) is 184 Å². The quantitative estimate of drug-likeness (QED) is 0.0888. The van der Waals surface area contributed by atoms with Crippen LogP contribution >= 0.6 is 0 Å². The van der Waals surface area contributed by atoms with Gasteiger partial charge >= 0.3 is 17.9 Å². The van der Waals surface area contributed by atoms with E-state index in [0.29, 0.717) is 17.4 Å². The van der Waals surface area contributed by atoms with Crippen molar-refractivity contribution in [3.05, 3.63) is 138 Å². The van der Waals surface area contributed by atoms with Gasteiger partial charge in [0.05, 0.1) is 30.4 Å². The van der Waals surface area contributed by atoms with Crippen LogP contribution in [0.4, 0.5) is 0 Å². The van der Waals surface area contributed by atoms with Crippen LogP contribution in [0.15, 0.2) is 115 Å². The molecule has 11 atom stereocenters. The number of aliphatic hydroxyl groups excluding tert-OH is 2. The number of fused-ring (bicyclic) bond motifs is 1. The maximum Gasteiger partial charge on any atom is 0.338 e. The van der Waals surface area contributed by atoms with Crippen molar-refractivity contribution in [1.29, 1.82) is 0 Å². The summed E-state index contributed by atoms with van der Waals surface area (Å²) in [6, 6.07) is 32.4. The van der Waals surface area contributed by atoms with Crippen LogP contribution in [0.25, 0.3) is 0 Å². The van der Waals surface area contributed by atoms with Crippen LogP contribution in [-0.4, -0.2) is 125 Å². The van der Waals surface area contributed by atoms with Crippen LogP contribution in [0.5, 0.6) is 5.75 Å². The van der Waals surface area contributed by atoms with E-state index in [1.807, 2.05) is 0 Å². The van der Waals surface area contributed by atoms with E-state index >= 15 is 0 Å². The normalized spacial score (nSPS) is 28.5. The van der Waals surface area contributed by atoms with Crippen LogP contribution in [-0.2, 0) is 42.6 Å². The lowest BCUT2D eigenvalue weighted by molar-refractivity contribution is -0.384. The molecule has 0 radical (unpaired) electrons. The molecular formula is C46H52O15Si. The van der Waals surface area contributed by atoms with Crippen molar-refractivity contribution in [1.82, 2.24) is 0 Å². The van der Waals surface area contributed by atoms with Gasteiger partial charge in [-0.2, -0.15) is 0 Å². The highest BCUT2D eigenvalue weighted by Gasteiger charge is 2.56. The van der Waals surface area contributed by atoms with E-state index in [1.54, 1.807) is 122 Å². The van der Waals surface area contributed by atoms with Crippen LogP contribution in [0.2, 0.25) is 25.7 Å². The van der Waals surface area contributed by atoms with Gasteiger partial charge in [-0.1, -0.05) is 86.4 Å². The van der Waals surface area contributed by atoms with Gasteiger partial charge in [0.25, 0.3) is 0 Å². The summed E-state index contributed by atoms with van der Waals surface area (Å²) in [7, 11) is -0.129. The zero-order chi connectivity index (χ0) is 43.8. The largest absolute Gasteiger partial charge is 0.497 e. The van der Waals surface area contributed by atoms with E-state index in [9.17, 15) is 24.6 Å². The van der Waals surface area contributed by atoms with E-state index < -0.39 is 100 Å². The van der Waals surface area contributed by atoms with Crippen molar-refractivity contribution in [3.63, 3.8) is 0 Å². The van der Waals surface area contributed by atoms with Crippen molar-refractivity contribution in [2.45, 2.75) is 93.4 Å². The second-order valence-corrected chi connectivity index (χ2v) is 21.9. The predicted octanol–water partition coefficient (Wildman–Crippen LogP) is 5.33. The third-order valence-corrected chi connectivity index (χ3v) is 12.3. The molecule has 0 aromatic heterocycles. The minimum atomic E-state index is -1.74. The molecule has 3 heterocycles. The number of aliphatic hydroxyl groups is 2. The van der Waals surface area contributed by atoms with Gasteiger partial charge in [-0.3, -0.25) is 0 Å². The van der Waals surface area contributed by atoms with Crippen molar-refractivity contribution >= 4 is 26.0 Å². The van der Waals surface area contributed by atoms with Crippen molar-refractivity contribution in [2.75, 3.05) is 26.9 Å². The molecule has 7 rings (SSSR count). The van der Waals surface area contributed by atoms with Crippen LogP contribution in [0, 0.1) is 0 Å². The Bertz CT molecular complexity index is 2070. The zero-order valence-electron chi connectivity index (χ0n) is 34.9. The summed E-state index contributed by atoms with van der Waals surface area (Å²) in [6.07, 6.45) is -15.0. The molecule has 15 nitrogen and oxygen atoms in total. The first kappa shape index (κ1) is 45.0.